The smallest absolute Gasteiger partial charge is 0.191 e. The molecule has 0 aromatic rings. The molecular formula is C8H17NO6. The zero-order chi connectivity index (χ0) is 11.8. The molecule has 0 fully saturated rings. The van der Waals surface area contributed by atoms with Crippen LogP contribution in [-0.2, 0) is 9.63 Å². The standard InChI is InChI=1S/C8H17NO6/c1-2-9-15-4-6(12)8(14)7(13)5(11)3-10/h5,7-11,13-14H,2-4H2,1H3/t5-,7+,8+/m1/s1. The predicted molar refractivity (Wildman–Crippen MR) is 49.7 cm³/mol. The van der Waals surface area contributed by atoms with Crippen molar-refractivity contribution in [3.63, 3.8) is 0 Å². The van der Waals surface area contributed by atoms with Crippen LogP contribution in [0, 0.1) is 0 Å². The number of hydroxylamine groups is 1. The van der Waals surface area contributed by atoms with Crippen LogP contribution in [0.25, 0.3) is 0 Å². The van der Waals surface area contributed by atoms with Crippen LogP contribution in [0.15, 0.2) is 0 Å². The summed E-state index contributed by atoms with van der Waals surface area (Å²) in [4.78, 5) is 15.7. The maximum absolute atomic E-state index is 11.1. The molecule has 0 aliphatic heterocycles. The monoisotopic (exact) mass is 223 g/mol. The zero-order valence-corrected chi connectivity index (χ0v) is 8.46. The minimum absolute atomic E-state index is 0.426. The van der Waals surface area contributed by atoms with E-state index in [0.717, 1.165) is 0 Å². The van der Waals surface area contributed by atoms with Crippen LogP contribution in [0.3, 0.4) is 0 Å². The van der Waals surface area contributed by atoms with Gasteiger partial charge in [0.05, 0.1) is 6.61 Å². The van der Waals surface area contributed by atoms with Crippen LogP contribution in [0.4, 0.5) is 0 Å². The van der Waals surface area contributed by atoms with Crippen molar-refractivity contribution in [2.45, 2.75) is 25.2 Å². The van der Waals surface area contributed by atoms with Crippen LogP contribution < -0.4 is 5.48 Å². The molecule has 5 N–H and O–H groups in total. The van der Waals surface area contributed by atoms with Gasteiger partial charge >= 0.3 is 0 Å². The summed E-state index contributed by atoms with van der Waals surface area (Å²) < 4.78 is 0. The summed E-state index contributed by atoms with van der Waals surface area (Å²) in [6.45, 7) is 1.08. The SMILES string of the molecule is CCNOCC(=O)[C@H](O)[C@@H](O)[C@H](O)CO. The Labute approximate surface area is 87.2 Å². The highest BCUT2D eigenvalue weighted by atomic mass is 16.6. The molecule has 0 aliphatic rings. The molecule has 0 saturated heterocycles. The van der Waals surface area contributed by atoms with Gasteiger partial charge in [0.15, 0.2) is 5.78 Å². The van der Waals surface area contributed by atoms with Gasteiger partial charge < -0.3 is 20.4 Å². The van der Waals surface area contributed by atoms with Crippen LogP contribution in [0.1, 0.15) is 6.92 Å². The van der Waals surface area contributed by atoms with E-state index in [1.165, 1.54) is 0 Å². The summed E-state index contributed by atoms with van der Waals surface area (Å²) in [6, 6.07) is 0. The summed E-state index contributed by atoms with van der Waals surface area (Å²) in [5.74, 6) is -0.782. The lowest BCUT2D eigenvalue weighted by Gasteiger charge is -2.20. The summed E-state index contributed by atoms with van der Waals surface area (Å²) >= 11 is 0. The Balaban J connectivity index is 3.96. The van der Waals surface area contributed by atoms with Crippen LogP contribution >= 0.6 is 0 Å². The van der Waals surface area contributed by atoms with Crippen LogP contribution in [0.5, 0.6) is 0 Å². The highest BCUT2D eigenvalue weighted by molar-refractivity contribution is 5.84. The van der Waals surface area contributed by atoms with Gasteiger partial charge in [-0.3, -0.25) is 9.63 Å². The van der Waals surface area contributed by atoms with Gasteiger partial charge in [0.1, 0.15) is 24.9 Å². The highest BCUT2D eigenvalue weighted by Crippen LogP contribution is 2.01. The molecule has 90 valence electrons. The van der Waals surface area contributed by atoms with Crippen molar-refractivity contribution < 1.29 is 30.1 Å². The third-order valence-corrected chi connectivity index (χ3v) is 1.70. The second kappa shape index (κ2) is 7.69. The molecule has 0 aromatic carbocycles. The van der Waals surface area contributed by atoms with Crippen molar-refractivity contribution in [2.24, 2.45) is 0 Å². The van der Waals surface area contributed by atoms with E-state index in [1.807, 2.05) is 0 Å². The molecule has 0 amide bonds. The summed E-state index contributed by atoms with van der Waals surface area (Å²) in [5.41, 5.74) is 2.39. The minimum Gasteiger partial charge on any atom is -0.394 e. The van der Waals surface area contributed by atoms with E-state index < -0.39 is 37.3 Å². The van der Waals surface area contributed by atoms with Crippen molar-refractivity contribution in [3.8, 4) is 0 Å². The first-order valence-corrected chi connectivity index (χ1v) is 4.57. The molecule has 0 saturated carbocycles. The first-order valence-electron chi connectivity index (χ1n) is 4.57. The maximum Gasteiger partial charge on any atom is 0.191 e. The minimum atomic E-state index is -1.77. The molecule has 0 spiro atoms. The fourth-order valence-corrected chi connectivity index (χ4v) is 0.818. The number of aliphatic hydroxyl groups excluding tert-OH is 4. The number of hydrogen-bond donors (Lipinski definition) is 5. The topological polar surface area (TPSA) is 119 Å². The van der Waals surface area contributed by atoms with E-state index in [0.29, 0.717) is 6.54 Å². The predicted octanol–water partition coefficient (Wildman–Crippen LogP) is -2.83. The Morgan fingerprint density at radius 3 is 2.47 bits per heavy atom. The second-order valence-corrected chi connectivity index (χ2v) is 2.94. The van der Waals surface area contributed by atoms with Gasteiger partial charge in [0.2, 0.25) is 0 Å². The number of hydrogen-bond acceptors (Lipinski definition) is 7. The summed E-state index contributed by atoms with van der Waals surface area (Å²) in [7, 11) is 0. The van der Waals surface area contributed by atoms with Gasteiger partial charge in [-0.2, -0.15) is 0 Å². The lowest BCUT2D eigenvalue weighted by molar-refractivity contribution is -0.147. The second-order valence-electron chi connectivity index (χ2n) is 2.94. The van der Waals surface area contributed by atoms with Gasteiger partial charge in [-0.05, 0) is 0 Å². The third kappa shape index (κ3) is 5.17. The van der Waals surface area contributed by atoms with E-state index in [4.69, 9.17) is 15.3 Å². The quantitative estimate of drug-likeness (QED) is 0.222. The highest BCUT2D eigenvalue weighted by Gasteiger charge is 2.29. The molecule has 0 unspecified atom stereocenters. The number of nitrogens with one attached hydrogen (secondary N) is 1. The molecule has 0 aromatic heterocycles. The Bertz CT molecular complexity index is 188. The van der Waals surface area contributed by atoms with Crippen LogP contribution in [-0.4, -0.2) is 64.3 Å². The molecule has 0 heterocycles. The van der Waals surface area contributed by atoms with Crippen molar-refractivity contribution in [1.82, 2.24) is 5.48 Å². The van der Waals surface area contributed by atoms with Crippen molar-refractivity contribution in [2.75, 3.05) is 19.8 Å². The summed E-state index contributed by atoms with van der Waals surface area (Å²) in [5, 5.41) is 35.8. The van der Waals surface area contributed by atoms with E-state index >= 15 is 0 Å². The van der Waals surface area contributed by atoms with Gasteiger partial charge in [0, 0.05) is 6.54 Å². The number of aliphatic hydroxyl groups is 4. The third-order valence-electron chi connectivity index (χ3n) is 1.70. The van der Waals surface area contributed by atoms with Crippen molar-refractivity contribution in [1.29, 1.82) is 0 Å². The Kier molecular flexibility index (Phi) is 7.39. The van der Waals surface area contributed by atoms with Gasteiger partial charge in [0.25, 0.3) is 0 Å². The van der Waals surface area contributed by atoms with E-state index in [-0.39, 0.29) is 0 Å². The zero-order valence-electron chi connectivity index (χ0n) is 8.46. The average Bonchev–Trinajstić information content (AvgIpc) is 2.26. The van der Waals surface area contributed by atoms with Gasteiger partial charge in [-0.15, -0.1) is 0 Å². The molecule has 3 atom stereocenters. The molecule has 0 rings (SSSR count). The fraction of sp³-hybridized carbons (Fsp3) is 0.875. The molecule has 7 nitrogen and oxygen atoms in total. The molecule has 7 heteroatoms. The van der Waals surface area contributed by atoms with E-state index in [9.17, 15) is 9.90 Å². The number of carbonyl (C=O) groups excluding carboxylic acids is 1. The van der Waals surface area contributed by atoms with Gasteiger partial charge in [-0.1, -0.05) is 6.92 Å². The lowest BCUT2D eigenvalue weighted by atomic mass is 10.1. The fourth-order valence-electron chi connectivity index (χ4n) is 0.818. The molecule has 0 radical (unpaired) electrons. The van der Waals surface area contributed by atoms with Crippen molar-refractivity contribution in [3.05, 3.63) is 0 Å². The maximum atomic E-state index is 11.1. The summed E-state index contributed by atoms with van der Waals surface area (Å²) in [6.07, 6.45) is -5.04. The molecule has 0 aliphatic carbocycles. The average molecular weight is 223 g/mol. The number of rotatable bonds is 8. The largest absolute Gasteiger partial charge is 0.394 e. The Morgan fingerprint density at radius 2 is 2.00 bits per heavy atom. The normalized spacial score (nSPS) is 17.1. The van der Waals surface area contributed by atoms with E-state index in [2.05, 4.69) is 10.3 Å². The molecule has 15 heavy (non-hydrogen) atoms. The molecule has 0 bridgehead atoms. The Morgan fingerprint density at radius 1 is 1.40 bits per heavy atom. The lowest BCUT2D eigenvalue weighted by Crippen LogP contribution is -2.45. The molecular weight excluding hydrogens is 206 g/mol. The van der Waals surface area contributed by atoms with Crippen molar-refractivity contribution >= 4 is 5.78 Å². The van der Waals surface area contributed by atoms with E-state index in [1.54, 1.807) is 6.92 Å². The number of carbonyl (C=O) groups is 1. The Hall–Kier alpha value is -0.570. The number of Topliss-reactive ketones (excluding diaryl/α,β-unsaturated/α-hetero) is 1. The first-order chi connectivity index (χ1) is 7.04. The van der Waals surface area contributed by atoms with Gasteiger partial charge in [-0.25, -0.2) is 5.48 Å². The number of ketones is 1. The first kappa shape index (κ1) is 14.4. The van der Waals surface area contributed by atoms with Crippen LogP contribution in [0.2, 0.25) is 0 Å².